The summed E-state index contributed by atoms with van der Waals surface area (Å²) in [6.07, 6.45) is 5.17. The Morgan fingerprint density at radius 1 is 1.27 bits per heavy atom. The van der Waals surface area contributed by atoms with Gasteiger partial charge in [0.15, 0.2) is 0 Å². The van der Waals surface area contributed by atoms with Crippen molar-refractivity contribution < 1.29 is 14.4 Å². The Hall–Kier alpha value is -2.75. The molecule has 2 aliphatic rings. The lowest BCUT2D eigenvalue weighted by Crippen LogP contribution is -2.51. The quantitative estimate of drug-likeness (QED) is 0.769. The first-order chi connectivity index (χ1) is 12.5. The zero-order chi connectivity index (χ0) is 18.3. The number of rotatable bonds is 3. The highest BCUT2D eigenvalue weighted by Crippen LogP contribution is 2.32. The van der Waals surface area contributed by atoms with Crippen molar-refractivity contribution in [1.82, 2.24) is 25.3 Å². The molecule has 4 amide bonds. The van der Waals surface area contributed by atoms with Crippen LogP contribution in [-0.4, -0.2) is 37.9 Å². The van der Waals surface area contributed by atoms with E-state index in [2.05, 4.69) is 15.7 Å². The summed E-state index contributed by atoms with van der Waals surface area (Å²) in [6, 6.07) is 1.01. The number of hydrogen-bond donors (Lipinski definition) is 2. The number of fused-ring (bicyclic) bond motifs is 1. The van der Waals surface area contributed by atoms with Gasteiger partial charge in [-0.15, -0.1) is 11.3 Å². The van der Waals surface area contributed by atoms with E-state index in [1.807, 2.05) is 0 Å². The molecule has 1 aliphatic heterocycles. The van der Waals surface area contributed by atoms with Crippen molar-refractivity contribution >= 4 is 39.4 Å². The van der Waals surface area contributed by atoms with Crippen LogP contribution in [0.4, 0.5) is 4.79 Å². The molecule has 26 heavy (non-hydrogen) atoms. The fourth-order valence-corrected chi connectivity index (χ4v) is 4.26. The molecule has 3 heterocycles. The van der Waals surface area contributed by atoms with E-state index in [1.165, 1.54) is 17.7 Å². The van der Waals surface area contributed by atoms with E-state index in [9.17, 15) is 19.2 Å². The minimum Gasteiger partial charge on any atom is -0.322 e. The lowest BCUT2D eigenvalue weighted by Gasteiger charge is -2.30. The lowest BCUT2D eigenvalue weighted by atomic mass is 9.82. The zero-order valence-corrected chi connectivity index (χ0v) is 14.7. The van der Waals surface area contributed by atoms with E-state index < -0.39 is 23.4 Å². The monoisotopic (exact) mass is 375 g/mol. The maximum atomic E-state index is 12.6. The maximum Gasteiger partial charge on any atom is 0.344 e. The third-order valence-corrected chi connectivity index (χ3v) is 5.69. The van der Waals surface area contributed by atoms with E-state index in [0.717, 1.165) is 28.8 Å². The van der Waals surface area contributed by atoms with Gasteiger partial charge >= 0.3 is 6.03 Å². The molecule has 2 aromatic heterocycles. The summed E-state index contributed by atoms with van der Waals surface area (Å²) in [7, 11) is 0. The van der Waals surface area contributed by atoms with Crippen LogP contribution in [0.5, 0.6) is 0 Å². The zero-order valence-electron chi connectivity index (χ0n) is 13.9. The summed E-state index contributed by atoms with van der Waals surface area (Å²) in [6.45, 7) is -0.332. The van der Waals surface area contributed by atoms with Crippen molar-refractivity contribution in [2.75, 3.05) is 0 Å². The molecular weight excluding hydrogens is 358 g/mol. The Morgan fingerprint density at radius 3 is 2.81 bits per heavy atom. The SMILES string of the molecule is O=C(Cn1cnc2sccc2c1=O)NN1C(=O)NC2(CCCCC2)C1=O. The van der Waals surface area contributed by atoms with Crippen molar-refractivity contribution in [1.29, 1.82) is 0 Å². The van der Waals surface area contributed by atoms with Crippen molar-refractivity contribution in [2.24, 2.45) is 0 Å². The molecule has 136 valence electrons. The summed E-state index contributed by atoms with van der Waals surface area (Å²) < 4.78 is 1.15. The molecule has 2 fully saturated rings. The number of carbonyl (C=O) groups excluding carboxylic acids is 3. The Labute approximate surface area is 152 Å². The van der Waals surface area contributed by atoms with Crippen LogP contribution in [0.25, 0.3) is 10.2 Å². The average molecular weight is 375 g/mol. The molecule has 0 unspecified atom stereocenters. The molecule has 1 saturated carbocycles. The third-order valence-electron chi connectivity index (χ3n) is 4.87. The van der Waals surface area contributed by atoms with Gasteiger partial charge in [0.05, 0.1) is 11.7 Å². The summed E-state index contributed by atoms with van der Waals surface area (Å²) in [5.74, 6) is -1.07. The first kappa shape index (κ1) is 16.7. The molecule has 10 heteroatoms. The van der Waals surface area contributed by atoms with Gasteiger partial charge in [0.1, 0.15) is 16.9 Å². The van der Waals surface area contributed by atoms with E-state index in [4.69, 9.17) is 0 Å². The van der Waals surface area contributed by atoms with Gasteiger partial charge in [0.25, 0.3) is 17.4 Å². The fourth-order valence-electron chi connectivity index (χ4n) is 3.54. The Bertz CT molecular complexity index is 959. The van der Waals surface area contributed by atoms with Crippen LogP contribution in [0.1, 0.15) is 32.1 Å². The number of urea groups is 1. The highest BCUT2D eigenvalue weighted by molar-refractivity contribution is 7.16. The lowest BCUT2D eigenvalue weighted by molar-refractivity contribution is -0.140. The van der Waals surface area contributed by atoms with Gasteiger partial charge < -0.3 is 5.32 Å². The summed E-state index contributed by atoms with van der Waals surface area (Å²) in [4.78, 5) is 54.1. The Kier molecular flexibility index (Phi) is 3.98. The molecule has 0 radical (unpaired) electrons. The number of aromatic nitrogens is 2. The number of hydrazine groups is 1. The number of nitrogens with one attached hydrogen (secondary N) is 2. The standard InChI is InChI=1S/C16H17N5O4S/c22-11(8-20-9-17-12-10(13(20)23)4-7-26-12)19-21-14(24)16(18-15(21)25)5-2-1-3-6-16/h4,7,9H,1-3,5-6,8H2,(H,18,25)(H,19,22). The topological polar surface area (TPSA) is 113 Å². The third kappa shape index (κ3) is 2.66. The number of nitrogens with zero attached hydrogens (tertiary/aromatic N) is 3. The van der Waals surface area contributed by atoms with E-state index in [-0.39, 0.29) is 12.1 Å². The molecule has 1 spiro atoms. The number of imide groups is 1. The second-order valence-electron chi connectivity index (χ2n) is 6.57. The molecule has 2 N–H and O–H groups in total. The number of thiophene rings is 1. The minimum absolute atomic E-state index is 0.332. The van der Waals surface area contributed by atoms with Crippen LogP contribution in [0.3, 0.4) is 0 Å². The normalized spacial score (nSPS) is 19.2. The molecule has 1 aliphatic carbocycles. The average Bonchev–Trinajstić information content (AvgIpc) is 3.18. The van der Waals surface area contributed by atoms with Gasteiger partial charge in [-0.25, -0.2) is 9.78 Å². The molecule has 4 rings (SSSR count). The van der Waals surface area contributed by atoms with E-state index in [1.54, 1.807) is 11.4 Å². The Balaban J connectivity index is 1.49. The van der Waals surface area contributed by atoms with Gasteiger partial charge in [-0.3, -0.25) is 24.4 Å². The first-order valence-electron chi connectivity index (χ1n) is 8.39. The molecule has 0 atom stereocenters. The molecule has 1 saturated heterocycles. The summed E-state index contributed by atoms with van der Waals surface area (Å²) >= 11 is 1.34. The minimum atomic E-state index is -0.906. The largest absolute Gasteiger partial charge is 0.344 e. The van der Waals surface area contributed by atoms with Crippen LogP contribution in [0, 0.1) is 0 Å². The first-order valence-corrected chi connectivity index (χ1v) is 9.27. The summed E-state index contributed by atoms with van der Waals surface area (Å²) in [5.41, 5.74) is 1.07. The molecular formula is C16H17N5O4S. The van der Waals surface area contributed by atoms with Crippen molar-refractivity contribution in [2.45, 2.75) is 44.2 Å². The van der Waals surface area contributed by atoms with Crippen LogP contribution >= 0.6 is 11.3 Å². The van der Waals surface area contributed by atoms with Gasteiger partial charge in [0.2, 0.25) is 0 Å². The smallest absolute Gasteiger partial charge is 0.322 e. The van der Waals surface area contributed by atoms with Crippen molar-refractivity contribution in [3.8, 4) is 0 Å². The van der Waals surface area contributed by atoms with Crippen LogP contribution in [-0.2, 0) is 16.1 Å². The van der Waals surface area contributed by atoms with Crippen LogP contribution in [0.15, 0.2) is 22.6 Å². The highest BCUT2D eigenvalue weighted by atomic mass is 32.1. The van der Waals surface area contributed by atoms with Gasteiger partial charge in [-0.2, -0.15) is 5.01 Å². The van der Waals surface area contributed by atoms with Gasteiger partial charge in [0, 0.05) is 0 Å². The van der Waals surface area contributed by atoms with E-state index >= 15 is 0 Å². The van der Waals surface area contributed by atoms with E-state index in [0.29, 0.717) is 23.1 Å². The van der Waals surface area contributed by atoms with Crippen molar-refractivity contribution in [3.05, 3.63) is 28.1 Å². The maximum absolute atomic E-state index is 12.6. The number of carbonyl (C=O) groups is 3. The number of amides is 4. The molecule has 9 nitrogen and oxygen atoms in total. The highest BCUT2D eigenvalue weighted by Gasteiger charge is 2.52. The fraction of sp³-hybridized carbons (Fsp3) is 0.438. The summed E-state index contributed by atoms with van der Waals surface area (Å²) in [5, 5.41) is 5.63. The second-order valence-corrected chi connectivity index (χ2v) is 7.46. The van der Waals surface area contributed by atoms with Gasteiger partial charge in [-0.1, -0.05) is 19.3 Å². The van der Waals surface area contributed by atoms with Crippen LogP contribution in [0.2, 0.25) is 0 Å². The predicted octanol–water partition coefficient (Wildman–Crippen LogP) is 0.744. The molecule has 0 aromatic carbocycles. The Morgan fingerprint density at radius 2 is 2.04 bits per heavy atom. The van der Waals surface area contributed by atoms with Crippen molar-refractivity contribution in [3.63, 3.8) is 0 Å². The van der Waals surface area contributed by atoms with Gasteiger partial charge in [-0.05, 0) is 24.3 Å². The number of hydrogen-bond acceptors (Lipinski definition) is 6. The predicted molar refractivity (Wildman–Crippen MR) is 93.2 cm³/mol. The molecule has 2 aromatic rings. The van der Waals surface area contributed by atoms with Crippen LogP contribution < -0.4 is 16.3 Å². The second kappa shape index (κ2) is 6.20. The molecule has 0 bridgehead atoms.